The molecule has 3 fully saturated rings. The maximum Gasteiger partial charge on any atom is 0.0972 e. The zero-order valence-corrected chi connectivity index (χ0v) is 9.11. The Bertz CT molecular complexity index is 268. The van der Waals surface area contributed by atoms with Gasteiger partial charge in [0.25, 0.3) is 0 Å². The van der Waals surface area contributed by atoms with Gasteiger partial charge in [-0.1, -0.05) is 0 Å². The monoisotopic (exact) mass is 212 g/mol. The van der Waals surface area contributed by atoms with Crippen LogP contribution in [0.3, 0.4) is 0 Å². The minimum Gasteiger partial charge on any atom is -0.396 e. The van der Waals surface area contributed by atoms with Crippen LogP contribution in [0.25, 0.3) is 0 Å². The summed E-state index contributed by atoms with van der Waals surface area (Å²) < 4.78 is 6.13. The van der Waals surface area contributed by atoms with Crippen LogP contribution in [0.15, 0.2) is 0 Å². The average Bonchev–Trinajstić information content (AvgIpc) is 2.73. The fourth-order valence-electron chi connectivity index (χ4n) is 3.94. The van der Waals surface area contributed by atoms with Crippen LogP contribution in [-0.4, -0.2) is 34.1 Å². The molecular formula is C12H20O3. The molecular weight excluding hydrogens is 192 g/mol. The summed E-state index contributed by atoms with van der Waals surface area (Å²) in [5.74, 6) is 0.249. The molecule has 0 radical (unpaired) electrons. The van der Waals surface area contributed by atoms with Gasteiger partial charge in [-0.15, -0.1) is 0 Å². The summed E-state index contributed by atoms with van der Waals surface area (Å²) in [6, 6.07) is 0. The van der Waals surface area contributed by atoms with E-state index < -0.39 is 5.60 Å². The number of aliphatic hydroxyl groups is 2. The predicted octanol–water partition coefficient (Wildman–Crippen LogP) is 1.22. The molecule has 1 aliphatic carbocycles. The number of fused-ring (bicyclic) bond motifs is 1. The van der Waals surface area contributed by atoms with Crippen LogP contribution in [0.2, 0.25) is 0 Å². The van der Waals surface area contributed by atoms with Gasteiger partial charge in [0.05, 0.1) is 17.3 Å². The summed E-state index contributed by atoms with van der Waals surface area (Å²) in [5.41, 5.74) is -0.840. The molecule has 2 saturated heterocycles. The fraction of sp³-hybridized carbons (Fsp3) is 1.00. The van der Waals surface area contributed by atoms with E-state index in [4.69, 9.17) is 4.74 Å². The van der Waals surface area contributed by atoms with Gasteiger partial charge in [-0.25, -0.2) is 0 Å². The first-order valence-electron chi connectivity index (χ1n) is 6.20. The van der Waals surface area contributed by atoms with E-state index in [0.717, 1.165) is 44.9 Å². The van der Waals surface area contributed by atoms with Gasteiger partial charge in [0.1, 0.15) is 0 Å². The van der Waals surface area contributed by atoms with Crippen LogP contribution in [0.5, 0.6) is 0 Å². The van der Waals surface area contributed by atoms with Crippen LogP contribution in [-0.2, 0) is 4.74 Å². The van der Waals surface area contributed by atoms with Crippen molar-refractivity contribution in [3.8, 4) is 0 Å². The molecule has 4 atom stereocenters. The Kier molecular flexibility index (Phi) is 2.14. The molecule has 2 aliphatic heterocycles. The third-order valence-corrected chi connectivity index (χ3v) is 4.92. The van der Waals surface area contributed by atoms with Crippen molar-refractivity contribution in [1.82, 2.24) is 0 Å². The molecule has 3 nitrogen and oxygen atoms in total. The first-order chi connectivity index (χ1) is 7.19. The van der Waals surface area contributed by atoms with Crippen molar-refractivity contribution >= 4 is 0 Å². The molecule has 3 aliphatic rings. The number of rotatable bonds is 1. The van der Waals surface area contributed by atoms with Crippen molar-refractivity contribution < 1.29 is 14.9 Å². The summed E-state index contributed by atoms with van der Waals surface area (Å²) in [6.07, 6.45) is 6.93. The van der Waals surface area contributed by atoms with Gasteiger partial charge in [-0.05, 0) is 44.9 Å². The van der Waals surface area contributed by atoms with Crippen LogP contribution in [0.4, 0.5) is 0 Å². The van der Waals surface area contributed by atoms with Crippen LogP contribution < -0.4 is 0 Å². The number of ether oxygens (including phenoxy) is 1. The highest BCUT2D eigenvalue weighted by atomic mass is 16.5. The van der Waals surface area contributed by atoms with Crippen LogP contribution >= 0.6 is 0 Å². The zero-order chi connectivity index (χ0) is 10.5. The summed E-state index contributed by atoms with van der Waals surface area (Å²) in [7, 11) is 0. The molecule has 86 valence electrons. The zero-order valence-electron chi connectivity index (χ0n) is 9.11. The molecule has 0 aromatic carbocycles. The van der Waals surface area contributed by atoms with Gasteiger partial charge < -0.3 is 14.9 Å². The van der Waals surface area contributed by atoms with Gasteiger partial charge in [-0.3, -0.25) is 0 Å². The molecule has 0 aromatic heterocycles. The van der Waals surface area contributed by atoms with Crippen molar-refractivity contribution in [2.75, 3.05) is 6.61 Å². The number of hydrogen-bond acceptors (Lipinski definition) is 3. The Morgan fingerprint density at radius 3 is 2.80 bits per heavy atom. The summed E-state index contributed by atoms with van der Waals surface area (Å²) in [6.45, 7) is 0.205. The lowest BCUT2D eigenvalue weighted by molar-refractivity contribution is -0.153. The van der Waals surface area contributed by atoms with E-state index in [1.807, 2.05) is 0 Å². The van der Waals surface area contributed by atoms with Crippen molar-refractivity contribution in [1.29, 1.82) is 0 Å². The van der Waals surface area contributed by atoms with E-state index in [-0.39, 0.29) is 24.2 Å². The highest BCUT2D eigenvalue weighted by Crippen LogP contribution is 2.55. The smallest absolute Gasteiger partial charge is 0.0972 e. The molecule has 1 saturated carbocycles. The van der Waals surface area contributed by atoms with E-state index in [1.54, 1.807) is 0 Å². The molecule has 2 N–H and O–H groups in total. The largest absolute Gasteiger partial charge is 0.396 e. The third-order valence-electron chi connectivity index (χ3n) is 4.92. The van der Waals surface area contributed by atoms with Gasteiger partial charge in [0, 0.05) is 12.5 Å². The first-order valence-corrected chi connectivity index (χ1v) is 6.20. The molecule has 2 heterocycles. The Morgan fingerprint density at radius 1 is 1.13 bits per heavy atom. The van der Waals surface area contributed by atoms with Gasteiger partial charge in [-0.2, -0.15) is 0 Å². The van der Waals surface area contributed by atoms with Crippen molar-refractivity contribution in [3.63, 3.8) is 0 Å². The highest BCUT2D eigenvalue weighted by Gasteiger charge is 2.60. The average molecular weight is 212 g/mol. The molecule has 3 heteroatoms. The minimum absolute atomic E-state index is 0.196. The van der Waals surface area contributed by atoms with Gasteiger partial charge in [0.15, 0.2) is 0 Å². The predicted molar refractivity (Wildman–Crippen MR) is 55.4 cm³/mol. The summed E-state index contributed by atoms with van der Waals surface area (Å²) in [5, 5.41) is 20.0. The number of aliphatic hydroxyl groups excluding tert-OH is 1. The van der Waals surface area contributed by atoms with Crippen molar-refractivity contribution in [2.24, 2.45) is 5.92 Å². The summed E-state index contributed by atoms with van der Waals surface area (Å²) in [4.78, 5) is 0. The minimum atomic E-state index is -0.592. The maximum absolute atomic E-state index is 10.7. The third kappa shape index (κ3) is 1.23. The lowest BCUT2D eigenvalue weighted by Gasteiger charge is -2.37. The fourth-order valence-corrected chi connectivity index (χ4v) is 3.94. The Morgan fingerprint density at radius 2 is 2.00 bits per heavy atom. The molecule has 1 spiro atoms. The first kappa shape index (κ1) is 10.1. The molecule has 2 bridgehead atoms. The molecule has 15 heavy (non-hydrogen) atoms. The number of hydrogen-bond donors (Lipinski definition) is 2. The van der Waals surface area contributed by atoms with Crippen molar-refractivity contribution in [3.05, 3.63) is 0 Å². The SMILES string of the molecule is OC[C@H]1CC[C@]2(O)CCC[C@@]23CC[C@@H]1O3. The second-order valence-corrected chi connectivity index (χ2v) is 5.56. The van der Waals surface area contributed by atoms with Gasteiger partial charge >= 0.3 is 0 Å². The van der Waals surface area contributed by atoms with E-state index >= 15 is 0 Å². The van der Waals surface area contributed by atoms with E-state index in [1.165, 1.54) is 0 Å². The van der Waals surface area contributed by atoms with E-state index in [9.17, 15) is 10.2 Å². The van der Waals surface area contributed by atoms with Crippen molar-refractivity contribution in [2.45, 2.75) is 62.3 Å². The lowest BCUT2D eigenvalue weighted by Crippen LogP contribution is -2.48. The van der Waals surface area contributed by atoms with Gasteiger partial charge in [0.2, 0.25) is 0 Å². The topological polar surface area (TPSA) is 49.7 Å². The Hall–Kier alpha value is -0.120. The lowest BCUT2D eigenvalue weighted by atomic mass is 9.77. The normalized spacial score (nSPS) is 54.0. The van der Waals surface area contributed by atoms with E-state index in [0.29, 0.717) is 0 Å². The Labute approximate surface area is 90.4 Å². The second kappa shape index (κ2) is 3.19. The van der Waals surface area contributed by atoms with E-state index in [2.05, 4.69) is 0 Å². The standard InChI is InChI=1S/C12H20O3/c13-8-9-2-6-11(14)4-1-5-12(11)7-3-10(9)15-12/h9-10,13-14H,1-8H2/t9-,10+,11-,12-/m1/s1. The Balaban J connectivity index is 1.92. The van der Waals surface area contributed by atoms with Crippen LogP contribution in [0, 0.1) is 5.92 Å². The summed E-state index contributed by atoms with van der Waals surface area (Å²) >= 11 is 0. The maximum atomic E-state index is 10.7. The molecule has 3 rings (SSSR count). The second-order valence-electron chi connectivity index (χ2n) is 5.56. The molecule has 0 amide bonds. The highest BCUT2D eigenvalue weighted by molar-refractivity contribution is 5.11. The van der Waals surface area contributed by atoms with Crippen LogP contribution in [0.1, 0.15) is 44.9 Å². The quantitative estimate of drug-likeness (QED) is 0.687. The molecule has 0 unspecified atom stereocenters. The molecule has 0 aromatic rings.